The summed E-state index contributed by atoms with van der Waals surface area (Å²) < 4.78 is 5.94. The van der Waals surface area contributed by atoms with Crippen LogP contribution < -0.4 is 10.1 Å². The fourth-order valence-corrected chi connectivity index (χ4v) is 2.44. The minimum atomic E-state index is -0.143. The summed E-state index contributed by atoms with van der Waals surface area (Å²) in [4.78, 5) is 0. The fraction of sp³-hybridized carbons (Fsp3) is 0.571. The molecule has 1 saturated carbocycles. The van der Waals surface area contributed by atoms with Crippen molar-refractivity contribution < 1.29 is 9.84 Å². The Morgan fingerprint density at radius 2 is 2.12 bits per heavy atom. The van der Waals surface area contributed by atoms with E-state index in [4.69, 9.17) is 4.74 Å². The summed E-state index contributed by atoms with van der Waals surface area (Å²) in [7, 11) is 1.91. The van der Waals surface area contributed by atoms with Crippen LogP contribution in [-0.2, 0) is 0 Å². The molecule has 17 heavy (non-hydrogen) atoms. The van der Waals surface area contributed by atoms with Crippen molar-refractivity contribution in [3.05, 3.63) is 29.8 Å². The normalized spacial score (nSPS) is 28.3. The Hall–Kier alpha value is -1.06. The van der Waals surface area contributed by atoms with Gasteiger partial charge in [-0.05, 0) is 38.9 Å². The van der Waals surface area contributed by atoms with Gasteiger partial charge in [0.2, 0.25) is 0 Å². The molecule has 0 aliphatic heterocycles. The quantitative estimate of drug-likeness (QED) is 0.837. The van der Waals surface area contributed by atoms with Gasteiger partial charge in [0.25, 0.3) is 0 Å². The first-order valence-electron chi connectivity index (χ1n) is 6.20. The lowest BCUT2D eigenvalue weighted by Crippen LogP contribution is -2.44. The Labute approximate surface area is 103 Å². The highest BCUT2D eigenvalue weighted by Gasteiger charge is 2.38. The minimum absolute atomic E-state index is 0.143. The van der Waals surface area contributed by atoms with Gasteiger partial charge in [0.1, 0.15) is 11.9 Å². The summed E-state index contributed by atoms with van der Waals surface area (Å²) in [6.45, 7) is 2.24. The number of aryl methyl sites for hydroxylation is 1. The van der Waals surface area contributed by atoms with Gasteiger partial charge in [-0.2, -0.15) is 0 Å². The SMILES string of the molecule is CNC1(CO)CCC(Oc2ccc(C)cc2)C1. The molecule has 1 aliphatic carbocycles. The molecule has 2 N–H and O–H groups in total. The van der Waals surface area contributed by atoms with Crippen molar-refractivity contribution in [2.24, 2.45) is 0 Å². The van der Waals surface area contributed by atoms with Crippen molar-refractivity contribution in [2.45, 2.75) is 37.8 Å². The summed E-state index contributed by atoms with van der Waals surface area (Å²) >= 11 is 0. The van der Waals surface area contributed by atoms with Gasteiger partial charge >= 0.3 is 0 Å². The van der Waals surface area contributed by atoms with Gasteiger partial charge < -0.3 is 15.2 Å². The first kappa shape index (κ1) is 12.4. The van der Waals surface area contributed by atoms with Gasteiger partial charge in [0, 0.05) is 12.0 Å². The van der Waals surface area contributed by atoms with Crippen LogP contribution in [0.5, 0.6) is 5.75 Å². The highest BCUT2D eigenvalue weighted by atomic mass is 16.5. The molecular weight excluding hydrogens is 214 g/mol. The third-order valence-electron chi connectivity index (χ3n) is 3.72. The van der Waals surface area contributed by atoms with Crippen LogP contribution in [0.2, 0.25) is 0 Å². The number of nitrogens with one attached hydrogen (secondary N) is 1. The zero-order valence-electron chi connectivity index (χ0n) is 10.6. The van der Waals surface area contributed by atoms with Crippen LogP contribution >= 0.6 is 0 Å². The topological polar surface area (TPSA) is 41.5 Å². The average Bonchev–Trinajstić information content (AvgIpc) is 2.76. The predicted molar refractivity (Wildman–Crippen MR) is 68.3 cm³/mol. The summed E-state index contributed by atoms with van der Waals surface area (Å²) in [5, 5.41) is 12.6. The number of likely N-dealkylation sites (N-methyl/N-ethyl adjacent to an activating group) is 1. The minimum Gasteiger partial charge on any atom is -0.490 e. The summed E-state index contributed by atoms with van der Waals surface area (Å²) in [6, 6.07) is 8.13. The summed E-state index contributed by atoms with van der Waals surface area (Å²) in [5.74, 6) is 0.922. The van der Waals surface area contributed by atoms with E-state index in [0.717, 1.165) is 25.0 Å². The lowest BCUT2D eigenvalue weighted by Gasteiger charge is -2.26. The average molecular weight is 235 g/mol. The molecule has 3 nitrogen and oxygen atoms in total. The van der Waals surface area contributed by atoms with Crippen molar-refractivity contribution in [3.8, 4) is 5.75 Å². The number of rotatable bonds is 4. The molecule has 0 bridgehead atoms. The molecule has 2 rings (SSSR count). The van der Waals surface area contributed by atoms with Gasteiger partial charge in [-0.1, -0.05) is 17.7 Å². The molecule has 1 aromatic rings. The molecular formula is C14H21NO2. The zero-order chi connectivity index (χ0) is 12.3. The number of ether oxygens (including phenoxy) is 1. The van der Waals surface area contributed by atoms with Crippen LogP contribution in [0.25, 0.3) is 0 Å². The molecule has 0 radical (unpaired) electrons. The van der Waals surface area contributed by atoms with Gasteiger partial charge in [0.05, 0.1) is 6.61 Å². The van der Waals surface area contributed by atoms with Crippen molar-refractivity contribution in [2.75, 3.05) is 13.7 Å². The molecule has 1 aromatic carbocycles. The Kier molecular flexibility index (Phi) is 3.69. The van der Waals surface area contributed by atoms with E-state index in [-0.39, 0.29) is 18.2 Å². The molecule has 94 valence electrons. The zero-order valence-corrected chi connectivity index (χ0v) is 10.6. The lowest BCUT2D eigenvalue weighted by atomic mass is 9.99. The molecule has 0 saturated heterocycles. The lowest BCUT2D eigenvalue weighted by molar-refractivity contribution is 0.146. The van der Waals surface area contributed by atoms with Gasteiger partial charge in [-0.15, -0.1) is 0 Å². The Balaban J connectivity index is 1.95. The van der Waals surface area contributed by atoms with Crippen LogP contribution in [0.15, 0.2) is 24.3 Å². The van der Waals surface area contributed by atoms with Crippen LogP contribution in [0.1, 0.15) is 24.8 Å². The van der Waals surface area contributed by atoms with E-state index in [9.17, 15) is 5.11 Å². The third kappa shape index (κ3) is 2.79. The van der Waals surface area contributed by atoms with Crippen LogP contribution in [0.3, 0.4) is 0 Å². The van der Waals surface area contributed by atoms with Gasteiger partial charge in [0.15, 0.2) is 0 Å². The maximum absolute atomic E-state index is 9.42. The molecule has 3 heteroatoms. The van der Waals surface area contributed by atoms with E-state index in [1.54, 1.807) is 0 Å². The first-order valence-corrected chi connectivity index (χ1v) is 6.20. The number of hydrogen-bond acceptors (Lipinski definition) is 3. The second-order valence-corrected chi connectivity index (χ2v) is 4.98. The number of aliphatic hydroxyl groups excluding tert-OH is 1. The predicted octanol–water partition coefficient (Wildman–Crippen LogP) is 1.88. The molecule has 0 spiro atoms. The largest absolute Gasteiger partial charge is 0.490 e. The molecule has 0 amide bonds. The number of hydrogen-bond donors (Lipinski definition) is 2. The molecule has 1 aliphatic rings. The van der Waals surface area contributed by atoms with E-state index in [1.807, 2.05) is 19.2 Å². The molecule has 0 heterocycles. The maximum atomic E-state index is 9.42. The Morgan fingerprint density at radius 1 is 1.41 bits per heavy atom. The maximum Gasteiger partial charge on any atom is 0.119 e. The van der Waals surface area contributed by atoms with Crippen molar-refractivity contribution in [3.63, 3.8) is 0 Å². The Morgan fingerprint density at radius 3 is 2.65 bits per heavy atom. The first-order chi connectivity index (χ1) is 8.17. The second kappa shape index (κ2) is 5.07. The van der Waals surface area contributed by atoms with E-state index < -0.39 is 0 Å². The fourth-order valence-electron chi connectivity index (χ4n) is 2.44. The van der Waals surface area contributed by atoms with E-state index >= 15 is 0 Å². The van der Waals surface area contributed by atoms with E-state index in [2.05, 4.69) is 24.4 Å². The molecule has 0 aromatic heterocycles. The number of aliphatic hydroxyl groups is 1. The molecule has 1 fully saturated rings. The van der Waals surface area contributed by atoms with Crippen LogP contribution in [-0.4, -0.2) is 30.4 Å². The molecule has 2 atom stereocenters. The third-order valence-corrected chi connectivity index (χ3v) is 3.72. The highest BCUT2D eigenvalue weighted by molar-refractivity contribution is 5.26. The van der Waals surface area contributed by atoms with Crippen LogP contribution in [0.4, 0.5) is 0 Å². The Bertz CT molecular complexity index is 357. The van der Waals surface area contributed by atoms with E-state index in [1.165, 1.54) is 5.56 Å². The van der Waals surface area contributed by atoms with Crippen molar-refractivity contribution in [1.29, 1.82) is 0 Å². The van der Waals surface area contributed by atoms with Gasteiger partial charge in [-0.25, -0.2) is 0 Å². The number of benzene rings is 1. The summed E-state index contributed by atoms with van der Waals surface area (Å²) in [6.07, 6.45) is 3.04. The summed E-state index contributed by atoms with van der Waals surface area (Å²) in [5.41, 5.74) is 1.10. The van der Waals surface area contributed by atoms with Gasteiger partial charge in [-0.3, -0.25) is 0 Å². The van der Waals surface area contributed by atoms with E-state index in [0.29, 0.717) is 0 Å². The highest BCUT2D eigenvalue weighted by Crippen LogP contribution is 2.32. The van der Waals surface area contributed by atoms with Crippen molar-refractivity contribution in [1.82, 2.24) is 5.32 Å². The smallest absolute Gasteiger partial charge is 0.119 e. The second-order valence-electron chi connectivity index (χ2n) is 4.98. The van der Waals surface area contributed by atoms with Crippen LogP contribution in [0, 0.1) is 6.92 Å². The van der Waals surface area contributed by atoms with Crippen molar-refractivity contribution >= 4 is 0 Å². The standard InChI is InChI=1S/C14H21NO2/c1-11-3-5-12(6-4-11)17-13-7-8-14(9-13,10-16)15-2/h3-6,13,15-16H,7-10H2,1-2H3. The molecule has 2 unspecified atom stereocenters. The monoisotopic (exact) mass is 235 g/mol.